The Hall–Kier alpha value is -1.74. The molecule has 1 amide bonds. The van der Waals surface area contributed by atoms with Gasteiger partial charge in [-0.05, 0) is 49.3 Å². The van der Waals surface area contributed by atoms with Gasteiger partial charge in [-0.1, -0.05) is 49.4 Å². The summed E-state index contributed by atoms with van der Waals surface area (Å²) in [4.78, 5) is 13.8. The molecule has 1 aliphatic rings. The fraction of sp³-hybridized carbons (Fsp3) is 0.381. The third kappa shape index (κ3) is 4.64. The number of benzene rings is 2. The number of rotatable bonds is 5. The Balaban J connectivity index is 1.63. The number of nitrogens with one attached hydrogen (secondary N) is 1. The van der Waals surface area contributed by atoms with E-state index in [-0.39, 0.29) is 5.91 Å². The molecule has 0 bridgehead atoms. The fourth-order valence-corrected chi connectivity index (χ4v) is 4.19. The molecule has 0 spiro atoms. The summed E-state index contributed by atoms with van der Waals surface area (Å²) in [6.07, 6.45) is 4.64. The van der Waals surface area contributed by atoms with Crippen LogP contribution >= 0.6 is 11.8 Å². The summed E-state index contributed by atoms with van der Waals surface area (Å²) in [5, 5.41) is 3.24. The van der Waals surface area contributed by atoms with Crippen molar-refractivity contribution in [1.29, 1.82) is 0 Å². The summed E-state index contributed by atoms with van der Waals surface area (Å²) in [6.45, 7) is 2.30. The van der Waals surface area contributed by atoms with Gasteiger partial charge in [0.25, 0.3) is 5.91 Å². The molecule has 0 aromatic heterocycles. The zero-order valence-corrected chi connectivity index (χ0v) is 15.0. The highest BCUT2D eigenvalue weighted by atomic mass is 32.2. The van der Waals surface area contributed by atoms with E-state index in [1.54, 1.807) is 11.8 Å². The second-order valence-corrected chi connectivity index (χ2v) is 7.72. The van der Waals surface area contributed by atoms with E-state index >= 15 is 0 Å². The van der Waals surface area contributed by atoms with Gasteiger partial charge in [0.1, 0.15) is 0 Å². The van der Waals surface area contributed by atoms with Crippen molar-refractivity contribution in [2.45, 2.75) is 49.3 Å². The van der Waals surface area contributed by atoms with Crippen LogP contribution in [0.5, 0.6) is 0 Å². The normalized spacial score (nSPS) is 20.5. The minimum atomic E-state index is 0.0747. The largest absolute Gasteiger partial charge is 0.349 e. The van der Waals surface area contributed by atoms with Gasteiger partial charge in [-0.15, -0.1) is 11.8 Å². The number of carbonyl (C=O) groups is 1. The molecule has 126 valence electrons. The zero-order chi connectivity index (χ0) is 16.8. The standard InChI is InChI=1S/C21H25NOS/c1-16-11-13-18(14-12-16)22-21(23)19-9-5-6-10-20(19)24-15-17-7-3-2-4-8-17/h2-10,16,18H,11-15H2,1H3,(H,22,23). The van der Waals surface area contributed by atoms with Crippen LogP contribution in [0.15, 0.2) is 59.5 Å². The minimum Gasteiger partial charge on any atom is -0.349 e. The molecule has 2 aromatic carbocycles. The van der Waals surface area contributed by atoms with Gasteiger partial charge in [0.05, 0.1) is 5.56 Å². The summed E-state index contributed by atoms with van der Waals surface area (Å²) in [5.74, 6) is 1.75. The van der Waals surface area contributed by atoms with Crippen LogP contribution in [0, 0.1) is 5.92 Å². The van der Waals surface area contributed by atoms with E-state index in [1.165, 1.54) is 18.4 Å². The molecule has 1 N–H and O–H groups in total. The maximum absolute atomic E-state index is 12.7. The van der Waals surface area contributed by atoms with Crippen LogP contribution in [0.2, 0.25) is 0 Å². The number of thioether (sulfide) groups is 1. The Morgan fingerprint density at radius 1 is 1.00 bits per heavy atom. The van der Waals surface area contributed by atoms with Gasteiger partial charge in [-0.2, -0.15) is 0 Å². The SMILES string of the molecule is CC1CCC(NC(=O)c2ccccc2SCc2ccccc2)CC1. The highest BCUT2D eigenvalue weighted by Gasteiger charge is 2.21. The molecule has 1 fully saturated rings. The summed E-state index contributed by atoms with van der Waals surface area (Å²) in [5.41, 5.74) is 2.08. The monoisotopic (exact) mass is 339 g/mol. The molecule has 1 aliphatic carbocycles. The van der Waals surface area contributed by atoms with Crippen LogP contribution in [-0.2, 0) is 5.75 Å². The van der Waals surface area contributed by atoms with Gasteiger partial charge in [0, 0.05) is 16.7 Å². The first-order valence-electron chi connectivity index (χ1n) is 8.79. The molecule has 2 aromatic rings. The predicted octanol–water partition coefficient (Wildman–Crippen LogP) is 5.29. The van der Waals surface area contributed by atoms with Crippen molar-refractivity contribution >= 4 is 17.7 Å². The Kier molecular flexibility index (Phi) is 5.97. The molecule has 2 nitrogen and oxygen atoms in total. The minimum absolute atomic E-state index is 0.0747. The third-order valence-electron chi connectivity index (χ3n) is 4.72. The van der Waals surface area contributed by atoms with E-state index in [0.717, 1.165) is 35.0 Å². The van der Waals surface area contributed by atoms with Gasteiger partial charge in [0.15, 0.2) is 0 Å². The highest BCUT2D eigenvalue weighted by molar-refractivity contribution is 7.98. The van der Waals surface area contributed by atoms with Crippen molar-refractivity contribution in [2.75, 3.05) is 0 Å². The smallest absolute Gasteiger partial charge is 0.252 e. The summed E-state index contributed by atoms with van der Waals surface area (Å²) < 4.78 is 0. The lowest BCUT2D eigenvalue weighted by Gasteiger charge is -2.27. The second kappa shape index (κ2) is 8.39. The molecule has 0 saturated heterocycles. The Morgan fingerprint density at radius 3 is 2.42 bits per heavy atom. The predicted molar refractivity (Wildman–Crippen MR) is 101 cm³/mol. The van der Waals surface area contributed by atoms with Gasteiger partial charge < -0.3 is 5.32 Å². The first-order valence-corrected chi connectivity index (χ1v) is 9.77. The molecular formula is C21H25NOS. The lowest BCUT2D eigenvalue weighted by Crippen LogP contribution is -2.37. The number of hydrogen-bond donors (Lipinski definition) is 1. The Labute approximate surface area is 149 Å². The van der Waals surface area contributed by atoms with Crippen LogP contribution in [-0.4, -0.2) is 11.9 Å². The fourth-order valence-electron chi connectivity index (χ4n) is 3.18. The molecule has 0 unspecified atom stereocenters. The molecular weight excluding hydrogens is 314 g/mol. The third-order valence-corrected chi connectivity index (χ3v) is 5.86. The quantitative estimate of drug-likeness (QED) is 0.750. The molecule has 1 saturated carbocycles. The Bertz CT molecular complexity index is 663. The maximum atomic E-state index is 12.7. The van der Waals surface area contributed by atoms with Crippen LogP contribution in [0.25, 0.3) is 0 Å². The van der Waals surface area contributed by atoms with Crippen LogP contribution in [0.4, 0.5) is 0 Å². The van der Waals surface area contributed by atoms with Crippen LogP contribution in [0.1, 0.15) is 48.5 Å². The molecule has 0 radical (unpaired) electrons. The van der Waals surface area contributed by atoms with E-state index < -0.39 is 0 Å². The van der Waals surface area contributed by atoms with Gasteiger partial charge in [0.2, 0.25) is 0 Å². The van der Waals surface area contributed by atoms with E-state index in [9.17, 15) is 4.79 Å². The second-order valence-electron chi connectivity index (χ2n) is 6.70. The highest BCUT2D eigenvalue weighted by Crippen LogP contribution is 2.27. The van der Waals surface area contributed by atoms with Crippen LogP contribution < -0.4 is 5.32 Å². The Morgan fingerprint density at radius 2 is 1.67 bits per heavy atom. The van der Waals surface area contributed by atoms with Crippen molar-refractivity contribution in [3.63, 3.8) is 0 Å². The number of hydrogen-bond acceptors (Lipinski definition) is 2. The zero-order valence-electron chi connectivity index (χ0n) is 14.2. The van der Waals surface area contributed by atoms with Crippen LogP contribution in [0.3, 0.4) is 0 Å². The van der Waals surface area contributed by atoms with Crippen molar-refractivity contribution in [1.82, 2.24) is 5.32 Å². The summed E-state index contributed by atoms with van der Waals surface area (Å²) in [6, 6.07) is 18.7. The van der Waals surface area contributed by atoms with Crippen molar-refractivity contribution in [2.24, 2.45) is 5.92 Å². The number of amides is 1. The van der Waals surface area contributed by atoms with Gasteiger partial charge >= 0.3 is 0 Å². The molecule has 0 atom stereocenters. The molecule has 3 rings (SSSR count). The first-order chi connectivity index (χ1) is 11.7. The van der Waals surface area contributed by atoms with Crippen molar-refractivity contribution in [3.8, 4) is 0 Å². The van der Waals surface area contributed by atoms with E-state index in [1.807, 2.05) is 30.3 Å². The average molecular weight is 340 g/mol. The summed E-state index contributed by atoms with van der Waals surface area (Å²) in [7, 11) is 0. The van der Waals surface area contributed by atoms with Gasteiger partial charge in [-0.25, -0.2) is 0 Å². The molecule has 3 heteroatoms. The maximum Gasteiger partial charge on any atom is 0.252 e. The van der Waals surface area contributed by atoms with E-state index in [4.69, 9.17) is 0 Å². The van der Waals surface area contributed by atoms with Gasteiger partial charge in [-0.3, -0.25) is 4.79 Å². The average Bonchev–Trinajstić information content (AvgIpc) is 2.63. The lowest BCUT2D eigenvalue weighted by molar-refractivity contribution is 0.0920. The van der Waals surface area contributed by atoms with Crippen molar-refractivity contribution < 1.29 is 4.79 Å². The topological polar surface area (TPSA) is 29.1 Å². The molecule has 0 heterocycles. The first kappa shape index (κ1) is 17.1. The van der Waals surface area contributed by atoms with Crippen molar-refractivity contribution in [3.05, 3.63) is 65.7 Å². The lowest BCUT2D eigenvalue weighted by atomic mass is 9.87. The summed E-state index contributed by atoms with van der Waals surface area (Å²) >= 11 is 1.73. The molecule has 24 heavy (non-hydrogen) atoms. The molecule has 0 aliphatic heterocycles. The number of carbonyl (C=O) groups excluding carboxylic acids is 1. The van der Waals surface area contributed by atoms with E-state index in [0.29, 0.717) is 6.04 Å². The van der Waals surface area contributed by atoms with E-state index in [2.05, 4.69) is 36.5 Å².